The molecule has 3 amide bonds. The molecule has 2 heterocycles. The number of anilines is 2. The zero-order valence-electron chi connectivity index (χ0n) is 14.6. The van der Waals surface area contributed by atoms with Gasteiger partial charge in [-0.2, -0.15) is 0 Å². The second-order valence-corrected chi connectivity index (χ2v) is 6.56. The van der Waals surface area contributed by atoms with E-state index in [1.54, 1.807) is 19.2 Å². The van der Waals surface area contributed by atoms with Crippen molar-refractivity contribution in [3.05, 3.63) is 53.6 Å². The first-order valence-electron chi connectivity index (χ1n) is 8.84. The van der Waals surface area contributed by atoms with E-state index in [-0.39, 0.29) is 18.0 Å². The number of hydrogen-bond acceptors (Lipinski definition) is 3. The van der Waals surface area contributed by atoms with Crippen molar-refractivity contribution in [3.63, 3.8) is 0 Å². The van der Waals surface area contributed by atoms with Crippen LogP contribution in [-0.2, 0) is 0 Å². The summed E-state index contributed by atoms with van der Waals surface area (Å²) >= 11 is 0. The number of ether oxygens (including phenoxy) is 1. The van der Waals surface area contributed by atoms with Crippen molar-refractivity contribution in [1.82, 2.24) is 4.90 Å². The molecule has 2 N–H and O–H groups in total. The first-order valence-corrected chi connectivity index (χ1v) is 8.84. The van der Waals surface area contributed by atoms with Gasteiger partial charge in [0.1, 0.15) is 5.75 Å². The fourth-order valence-electron chi connectivity index (χ4n) is 3.87. The topological polar surface area (TPSA) is 70.7 Å². The van der Waals surface area contributed by atoms with Crippen LogP contribution in [0, 0.1) is 0 Å². The summed E-state index contributed by atoms with van der Waals surface area (Å²) in [7, 11) is 1.56. The summed E-state index contributed by atoms with van der Waals surface area (Å²) < 4.78 is 5.26. The van der Waals surface area contributed by atoms with E-state index in [9.17, 15) is 9.59 Å². The number of methoxy groups -OCH3 is 1. The number of nitrogens with one attached hydrogen (secondary N) is 2. The summed E-state index contributed by atoms with van der Waals surface area (Å²) in [6, 6.07) is 12.5. The van der Waals surface area contributed by atoms with Crippen LogP contribution in [0.4, 0.5) is 16.2 Å². The van der Waals surface area contributed by atoms with E-state index in [4.69, 9.17) is 4.74 Å². The van der Waals surface area contributed by atoms with Gasteiger partial charge >= 0.3 is 6.03 Å². The number of amides is 3. The lowest BCUT2D eigenvalue weighted by Gasteiger charge is -2.30. The zero-order valence-corrected chi connectivity index (χ0v) is 14.6. The van der Waals surface area contributed by atoms with Crippen LogP contribution in [0.5, 0.6) is 5.75 Å². The van der Waals surface area contributed by atoms with Crippen LogP contribution in [0.2, 0.25) is 0 Å². The second-order valence-electron chi connectivity index (χ2n) is 6.56. The molecule has 0 radical (unpaired) electrons. The number of benzene rings is 2. The predicted molar refractivity (Wildman–Crippen MR) is 99.7 cm³/mol. The highest BCUT2D eigenvalue weighted by molar-refractivity contribution is 6.05. The highest BCUT2D eigenvalue weighted by Crippen LogP contribution is 2.43. The number of carbonyl (C=O) groups is 2. The van der Waals surface area contributed by atoms with E-state index in [1.165, 1.54) is 0 Å². The third-order valence-electron chi connectivity index (χ3n) is 5.04. The average Bonchev–Trinajstić information content (AvgIpc) is 2.96. The minimum Gasteiger partial charge on any atom is -0.495 e. The van der Waals surface area contributed by atoms with Gasteiger partial charge in [0, 0.05) is 23.4 Å². The van der Waals surface area contributed by atoms with Gasteiger partial charge in [-0.05, 0) is 43.5 Å². The number of rotatable bonds is 3. The Kier molecular flexibility index (Phi) is 4.24. The van der Waals surface area contributed by atoms with Crippen molar-refractivity contribution in [2.45, 2.75) is 25.3 Å². The third-order valence-corrected chi connectivity index (χ3v) is 5.04. The number of para-hydroxylation sites is 2. The third kappa shape index (κ3) is 2.77. The predicted octanol–water partition coefficient (Wildman–Crippen LogP) is 4.02. The number of hydrogen-bond donors (Lipinski definition) is 2. The van der Waals surface area contributed by atoms with Crippen LogP contribution in [-0.4, -0.2) is 30.5 Å². The molecule has 2 aromatic rings. The molecule has 0 aromatic heterocycles. The first kappa shape index (κ1) is 16.4. The standard InChI is InChI=1S/C20H21N3O3/c1-26-17-11-3-2-8-14(17)21-20(25)22-15-9-6-7-13-18(15)16-10-4-5-12-23(16)19(13)24/h2-3,6-9,11,16H,4-5,10,12H2,1H3,(H2,21,22,25). The Labute approximate surface area is 152 Å². The normalized spacial score (nSPS) is 18.1. The molecule has 1 fully saturated rings. The summed E-state index contributed by atoms with van der Waals surface area (Å²) in [5.41, 5.74) is 2.92. The summed E-state index contributed by atoms with van der Waals surface area (Å²) in [5, 5.41) is 5.72. The fraction of sp³-hybridized carbons (Fsp3) is 0.300. The largest absolute Gasteiger partial charge is 0.495 e. The Morgan fingerprint density at radius 2 is 1.85 bits per heavy atom. The monoisotopic (exact) mass is 351 g/mol. The van der Waals surface area contributed by atoms with Crippen LogP contribution in [0.1, 0.15) is 41.2 Å². The Balaban J connectivity index is 1.58. The van der Waals surface area contributed by atoms with Crippen LogP contribution >= 0.6 is 0 Å². The fourth-order valence-corrected chi connectivity index (χ4v) is 3.87. The van der Waals surface area contributed by atoms with Gasteiger partial charge in [-0.3, -0.25) is 4.79 Å². The molecule has 1 atom stereocenters. The van der Waals surface area contributed by atoms with Crippen LogP contribution < -0.4 is 15.4 Å². The lowest BCUT2D eigenvalue weighted by atomic mass is 9.96. The van der Waals surface area contributed by atoms with Crippen molar-refractivity contribution < 1.29 is 14.3 Å². The van der Waals surface area contributed by atoms with Gasteiger partial charge in [0.15, 0.2) is 0 Å². The number of carbonyl (C=O) groups excluding carboxylic acids is 2. The summed E-state index contributed by atoms with van der Waals surface area (Å²) in [6.07, 6.45) is 3.06. The van der Waals surface area contributed by atoms with Crippen molar-refractivity contribution in [2.75, 3.05) is 24.3 Å². The van der Waals surface area contributed by atoms with Gasteiger partial charge < -0.3 is 20.3 Å². The van der Waals surface area contributed by atoms with Crippen LogP contribution in [0.25, 0.3) is 0 Å². The molecule has 2 aliphatic heterocycles. The Morgan fingerprint density at radius 1 is 1.08 bits per heavy atom. The number of fused-ring (bicyclic) bond motifs is 3. The highest BCUT2D eigenvalue weighted by atomic mass is 16.5. The Bertz CT molecular complexity index is 865. The molecule has 4 rings (SSSR count). The summed E-state index contributed by atoms with van der Waals surface area (Å²) in [4.78, 5) is 27.1. The van der Waals surface area contributed by atoms with E-state index >= 15 is 0 Å². The van der Waals surface area contributed by atoms with Crippen molar-refractivity contribution in [1.29, 1.82) is 0 Å². The molecule has 2 aliphatic rings. The summed E-state index contributed by atoms with van der Waals surface area (Å²) in [5.74, 6) is 0.660. The molecule has 0 saturated carbocycles. The van der Waals surface area contributed by atoms with E-state index in [2.05, 4.69) is 10.6 Å². The second kappa shape index (κ2) is 6.71. The number of urea groups is 1. The molecule has 134 valence electrons. The first-order chi connectivity index (χ1) is 12.7. The minimum atomic E-state index is -0.357. The molecule has 1 saturated heterocycles. The van der Waals surface area contributed by atoms with Crippen LogP contribution in [0.3, 0.4) is 0 Å². The number of nitrogens with zero attached hydrogens (tertiary/aromatic N) is 1. The molecule has 0 spiro atoms. The molecule has 26 heavy (non-hydrogen) atoms. The van der Waals surface area contributed by atoms with Gasteiger partial charge in [0.2, 0.25) is 0 Å². The van der Waals surface area contributed by atoms with E-state index in [1.807, 2.05) is 35.2 Å². The van der Waals surface area contributed by atoms with Gasteiger partial charge in [0.25, 0.3) is 5.91 Å². The van der Waals surface area contributed by atoms with Crippen molar-refractivity contribution in [3.8, 4) is 5.75 Å². The average molecular weight is 351 g/mol. The molecular formula is C20H21N3O3. The van der Waals surface area contributed by atoms with Crippen molar-refractivity contribution >= 4 is 23.3 Å². The van der Waals surface area contributed by atoms with E-state index in [0.29, 0.717) is 22.7 Å². The molecule has 0 bridgehead atoms. The van der Waals surface area contributed by atoms with Gasteiger partial charge in [-0.15, -0.1) is 0 Å². The molecule has 6 heteroatoms. The smallest absolute Gasteiger partial charge is 0.323 e. The zero-order chi connectivity index (χ0) is 18.1. The quantitative estimate of drug-likeness (QED) is 0.877. The van der Waals surface area contributed by atoms with E-state index < -0.39 is 0 Å². The molecule has 0 aliphatic carbocycles. The lowest BCUT2D eigenvalue weighted by Crippen LogP contribution is -2.32. The molecule has 1 unspecified atom stereocenters. The SMILES string of the molecule is COc1ccccc1NC(=O)Nc1cccc2c1C1CCCCN1C2=O. The van der Waals surface area contributed by atoms with Crippen molar-refractivity contribution in [2.24, 2.45) is 0 Å². The maximum absolute atomic E-state index is 12.6. The Morgan fingerprint density at radius 3 is 2.69 bits per heavy atom. The van der Waals surface area contributed by atoms with Gasteiger partial charge in [0.05, 0.1) is 18.8 Å². The van der Waals surface area contributed by atoms with E-state index in [0.717, 1.165) is 31.4 Å². The highest BCUT2D eigenvalue weighted by Gasteiger charge is 2.39. The maximum atomic E-state index is 12.6. The maximum Gasteiger partial charge on any atom is 0.323 e. The molecule has 6 nitrogen and oxygen atoms in total. The van der Waals surface area contributed by atoms with Gasteiger partial charge in [-0.1, -0.05) is 18.2 Å². The summed E-state index contributed by atoms with van der Waals surface area (Å²) in [6.45, 7) is 0.783. The Hall–Kier alpha value is -3.02. The number of piperidine rings is 1. The molecule has 2 aromatic carbocycles. The molecular weight excluding hydrogens is 330 g/mol. The van der Waals surface area contributed by atoms with Crippen LogP contribution in [0.15, 0.2) is 42.5 Å². The van der Waals surface area contributed by atoms with Gasteiger partial charge in [-0.25, -0.2) is 4.79 Å². The minimum absolute atomic E-state index is 0.0639. The lowest BCUT2D eigenvalue weighted by molar-refractivity contribution is 0.0672.